The zero-order chi connectivity index (χ0) is 15.8. The molecule has 1 aliphatic rings. The summed E-state index contributed by atoms with van der Waals surface area (Å²) in [5, 5.41) is 2.95. The van der Waals surface area contributed by atoms with Crippen molar-refractivity contribution in [3.63, 3.8) is 0 Å². The molecule has 0 bridgehead atoms. The van der Waals surface area contributed by atoms with Crippen LogP contribution in [0.3, 0.4) is 0 Å². The molecule has 1 fully saturated rings. The van der Waals surface area contributed by atoms with Crippen molar-refractivity contribution in [1.82, 2.24) is 10.2 Å². The van der Waals surface area contributed by atoms with Gasteiger partial charge in [0.2, 0.25) is 5.91 Å². The molecule has 0 saturated carbocycles. The molecule has 0 unspecified atom stereocenters. The smallest absolute Gasteiger partial charge is 0.248 e. The highest BCUT2D eigenvalue weighted by Gasteiger charge is 2.22. The van der Waals surface area contributed by atoms with E-state index in [1.807, 2.05) is 6.92 Å². The molecule has 5 heteroatoms. The quantitative estimate of drug-likeness (QED) is 0.741. The van der Waals surface area contributed by atoms with Crippen molar-refractivity contribution in [2.75, 3.05) is 32.8 Å². The van der Waals surface area contributed by atoms with Crippen molar-refractivity contribution in [2.45, 2.75) is 59.4 Å². The minimum atomic E-state index is -0.369. The first-order valence-corrected chi connectivity index (χ1v) is 8.15. The maximum absolute atomic E-state index is 11.9. The number of ether oxygens (including phenoxy) is 2. The highest BCUT2D eigenvalue weighted by molar-refractivity contribution is 5.80. The van der Waals surface area contributed by atoms with E-state index in [-0.39, 0.29) is 24.2 Å². The van der Waals surface area contributed by atoms with Crippen molar-refractivity contribution >= 4 is 5.91 Å². The van der Waals surface area contributed by atoms with Crippen LogP contribution in [0.4, 0.5) is 0 Å². The van der Waals surface area contributed by atoms with E-state index in [9.17, 15) is 4.79 Å². The molecule has 1 saturated heterocycles. The molecule has 0 spiro atoms. The van der Waals surface area contributed by atoms with E-state index < -0.39 is 0 Å². The van der Waals surface area contributed by atoms with E-state index in [0.717, 1.165) is 26.1 Å². The number of hydrogen-bond acceptors (Lipinski definition) is 4. The van der Waals surface area contributed by atoms with Crippen LogP contribution in [0.1, 0.15) is 41.0 Å². The lowest BCUT2D eigenvalue weighted by atomic mass is 10.1. The molecule has 0 radical (unpaired) electrons. The van der Waals surface area contributed by atoms with E-state index in [1.165, 1.54) is 0 Å². The molecular formula is C16H32N2O3. The monoisotopic (exact) mass is 300 g/mol. The Morgan fingerprint density at radius 1 is 1.29 bits per heavy atom. The summed E-state index contributed by atoms with van der Waals surface area (Å²) in [5.74, 6) is 0.582. The van der Waals surface area contributed by atoms with Crippen LogP contribution in [0.5, 0.6) is 0 Å². The van der Waals surface area contributed by atoms with Gasteiger partial charge in [0.25, 0.3) is 0 Å². The summed E-state index contributed by atoms with van der Waals surface area (Å²) in [6.45, 7) is 14.3. The third-order valence-corrected chi connectivity index (χ3v) is 3.65. The number of morpholine rings is 1. The Labute approximate surface area is 129 Å². The minimum absolute atomic E-state index is 0.0203. The highest BCUT2D eigenvalue weighted by Crippen LogP contribution is 2.09. The Hall–Kier alpha value is -0.650. The van der Waals surface area contributed by atoms with Gasteiger partial charge in [-0.15, -0.1) is 0 Å². The van der Waals surface area contributed by atoms with Crippen molar-refractivity contribution in [3.05, 3.63) is 0 Å². The van der Waals surface area contributed by atoms with Gasteiger partial charge in [-0.2, -0.15) is 0 Å². The van der Waals surface area contributed by atoms with Gasteiger partial charge in [0, 0.05) is 32.8 Å². The molecule has 1 heterocycles. The summed E-state index contributed by atoms with van der Waals surface area (Å²) >= 11 is 0. The molecule has 5 nitrogen and oxygen atoms in total. The lowest BCUT2D eigenvalue weighted by Gasteiger charge is -2.35. The van der Waals surface area contributed by atoms with Crippen LogP contribution in [-0.4, -0.2) is 61.9 Å². The van der Waals surface area contributed by atoms with E-state index in [2.05, 4.69) is 37.9 Å². The molecule has 124 valence electrons. The summed E-state index contributed by atoms with van der Waals surface area (Å²) in [7, 11) is 0. The van der Waals surface area contributed by atoms with Crippen LogP contribution in [-0.2, 0) is 14.3 Å². The molecule has 0 aliphatic carbocycles. The van der Waals surface area contributed by atoms with Crippen LogP contribution in [0.25, 0.3) is 0 Å². The van der Waals surface area contributed by atoms with Crippen LogP contribution >= 0.6 is 0 Å². The Morgan fingerprint density at radius 3 is 2.48 bits per heavy atom. The number of carbonyl (C=O) groups excluding carboxylic acids is 1. The van der Waals surface area contributed by atoms with E-state index in [1.54, 1.807) is 0 Å². The standard InChI is InChI=1S/C16H32N2O3/c1-12(2)6-9-20-15(5)16(19)17-7-8-18-10-13(3)21-14(4)11-18/h12-15H,6-11H2,1-5H3,(H,17,19)/t13-,14+,15-/m1/s1. The Balaban J connectivity index is 2.14. The van der Waals surface area contributed by atoms with Gasteiger partial charge in [0.15, 0.2) is 0 Å². The van der Waals surface area contributed by atoms with Crippen molar-refractivity contribution < 1.29 is 14.3 Å². The van der Waals surface area contributed by atoms with Crippen LogP contribution in [0.15, 0.2) is 0 Å². The van der Waals surface area contributed by atoms with Gasteiger partial charge in [-0.3, -0.25) is 9.69 Å². The first-order valence-electron chi connectivity index (χ1n) is 8.15. The van der Waals surface area contributed by atoms with Crippen molar-refractivity contribution in [3.8, 4) is 0 Å². The highest BCUT2D eigenvalue weighted by atomic mass is 16.5. The molecule has 1 N–H and O–H groups in total. The normalized spacial score (nSPS) is 25.0. The third-order valence-electron chi connectivity index (χ3n) is 3.65. The van der Waals surface area contributed by atoms with E-state index in [4.69, 9.17) is 9.47 Å². The molecule has 0 aromatic rings. The average Bonchev–Trinajstić information content (AvgIpc) is 2.36. The second-order valence-electron chi connectivity index (χ2n) is 6.50. The molecule has 1 amide bonds. The van der Waals surface area contributed by atoms with Crippen LogP contribution < -0.4 is 5.32 Å². The Morgan fingerprint density at radius 2 is 1.90 bits per heavy atom. The molecule has 3 atom stereocenters. The minimum Gasteiger partial charge on any atom is -0.373 e. The van der Waals surface area contributed by atoms with Gasteiger partial charge in [0.05, 0.1) is 12.2 Å². The van der Waals surface area contributed by atoms with Gasteiger partial charge >= 0.3 is 0 Å². The van der Waals surface area contributed by atoms with Crippen molar-refractivity contribution in [1.29, 1.82) is 0 Å². The zero-order valence-corrected chi connectivity index (χ0v) is 14.2. The van der Waals surface area contributed by atoms with Gasteiger partial charge in [-0.05, 0) is 33.1 Å². The zero-order valence-electron chi connectivity index (χ0n) is 14.2. The van der Waals surface area contributed by atoms with E-state index >= 15 is 0 Å². The second-order valence-corrected chi connectivity index (χ2v) is 6.50. The molecule has 1 aliphatic heterocycles. The Bertz CT molecular complexity index is 300. The molecule has 0 aromatic carbocycles. The van der Waals surface area contributed by atoms with Crippen LogP contribution in [0, 0.1) is 5.92 Å². The summed E-state index contributed by atoms with van der Waals surface area (Å²) in [5.41, 5.74) is 0. The SMILES string of the molecule is CC(C)CCO[C@H](C)C(=O)NCCN1C[C@@H](C)O[C@@H](C)C1. The first kappa shape index (κ1) is 18.4. The van der Waals surface area contributed by atoms with Crippen LogP contribution in [0.2, 0.25) is 0 Å². The molecule has 1 rings (SSSR count). The van der Waals surface area contributed by atoms with Gasteiger partial charge in [0.1, 0.15) is 6.10 Å². The maximum atomic E-state index is 11.9. The first-order chi connectivity index (χ1) is 9.88. The number of carbonyl (C=O) groups is 1. The lowest BCUT2D eigenvalue weighted by Crippen LogP contribution is -2.48. The largest absolute Gasteiger partial charge is 0.373 e. The fourth-order valence-electron chi connectivity index (χ4n) is 2.50. The molecular weight excluding hydrogens is 268 g/mol. The molecule has 0 aromatic heterocycles. The number of hydrogen-bond donors (Lipinski definition) is 1. The number of amides is 1. The third kappa shape index (κ3) is 7.79. The van der Waals surface area contributed by atoms with Crippen molar-refractivity contribution in [2.24, 2.45) is 5.92 Å². The average molecular weight is 300 g/mol. The molecule has 21 heavy (non-hydrogen) atoms. The fourth-order valence-corrected chi connectivity index (χ4v) is 2.50. The predicted octanol–water partition coefficient (Wildman–Crippen LogP) is 1.66. The summed E-state index contributed by atoms with van der Waals surface area (Å²) < 4.78 is 11.2. The predicted molar refractivity (Wildman–Crippen MR) is 84.3 cm³/mol. The van der Waals surface area contributed by atoms with Gasteiger partial charge in [-0.25, -0.2) is 0 Å². The van der Waals surface area contributed by atoms with E-state index in [0.29, 0.717) is 19.1 Å². The number of rotatable bonds is 8. The summed E-state index contributed by atoms with van der Waals surface area (Å²) in [4.78, 5) is 14.2. The Kier molecular flexibility index (Phi) is 8.22. The summed E-state index contributed by atoms with van der Waals surface area (Å²) in [6.07, 6.45) is 1.15. The van der Waals surface area contributed by atoms with Gasteiger partial charge < -0.3 is 14.8 Å². The number of nitrogens with zero attached hydrogens (tertiary/aromatic N) is 1. The second kappa shape index (κ2) is 9.38. The lowest BCUT2D eigenvalue weighted by molar-refractivity contribution is -0.132. The summed E-state index contributed by atoms with van der Waals surface area (Å²) in [6, 6.07) is 0. The van der Waals surface area contributed by atoms with Gasteiger partial charge in [-0.1, -0.05) is 13.8 Å². The topological polar surface area (TPSA) is 50.8 Å². The number of nitrogens with one attached hydrogen (secondary N) is 1. The fraction of sp³-hybridized carbons (Fsp3) is 0.938. The maximum Gasteiger partial charge on any atom is 0.248 e.